The minimum atomic E-state index is -4.56. The molecule has 2 rings (SSSR count). The first-order valence-electron chi connectivity index (χ1n) is 6.19. The number of carbonyl (C=O) groups excluding carboxylic acids is 1. The number of aromatic nitrogens is 1. The highest BCUT2D eigenvalue weighted by atomic mass is 19.4. The third kappa shape index (κ3) is 2.98. The molecule has 21 heavy (non-hydrogen) atoms. The Morgan fingerprint density at radius 2 is 2.05 bits per heavy atom. The Bertz CT molecular complexity index is 571. The number of carboxylic acids is 1. The number of rotatable bonds is 2. The Kier molecular flexibility index (Phi) is 3.65. The molecule has 1 aromatic heterocycles. The Labute approximate surface area is 118 Å². The minimum absolute atomic E-state index is 0.0117. The fourth-order valence-electron chi connectivity index (χ4n) is 2.18. The summed E-state index contributed by atoms with van der Waals surface area (Å²) in [6.07, 6.45) is -3.39. The second-order valence-electron chi connectivity index (χ2n) is 5.27. The molecule has 5 nitrogen and oxygen atoms in total. The lowest BCUT2D eigenvalue weighted by Crippen LogP contribution is -2.34. The van der Waals surface area contributed by atoms with Crippen molar-refractivity contribution in [3.05, 3.63) is 29.6 Å². The lowest BCUT2D eigenvalue weighted by molar-refractivity contribution is -0.147. The van der Waals surface area contributed by atoms with Gasteiger partial charge >= 0.3 is 12.1 Å². The zero-order valence-electron chi connectivity index (χ0n) is 11.1. The van der Waals surface area contributed by atoms with Crippen LogP contribution in [0.4, 0.5) is 13.2 Å². The second-order valence-corrected chi connectivity index (χ2v) is 5.27. The molecule has 1 saturated heterocycles. The number of hydrogen-bond acceptors (Lipinski definition) is 3. The number of pyridine rings is 1. The molecule has 0 aromatic carbocycles. The maximum absolute atomic E-state index is 12.4. The van der Waals surface area contributed by atoms with Crippen LogP contribution in [0, 0.1) is 5.41 Å². The van der Waals surface area contributed by atoms with Crippen LogP contribution in [0.25, 0.3) is 0 Å². The van der Waals surface area contributed by atoms with E-state index >= 15 is 0 Å². The molecule has 0 bridgehead atoms. The molecule has 1 amide bonds. The number of hydrogen-bond donors (Lipinski definition) is 1. The van der Waals surface area contributed by atoms with E-state index in [2.05, 4.69) is 4.98 Å². The van der Waals surface area contributed by atoms with Crippen LogP contribution >= 0.6 is 0 Å². The van der Waals surface area contributed by atoms with Crippen LogP contribution in [-0.4, -0.2) is 40.0 Å². The molecular weight excluding hydrogens is 289 g/mol. The lowest BCUT2D eigenvalue weighted by Gasteiger charge is -2.20. The first-order chi connectivity index (χ1) is 9.63. The first kappa shape index (κ1) is 15.3. The summed E-state index contributed by atoms with van der Waals surface area (Å²) in [4.78, 5) is 27.8. The molecule has 0 radical (unpaired) electrons. The van der Waals surface area contributed by atoms with Gasteiger partial charge in [0.15, 0.2) is 0 Å². The smallest absolute Gasteiger partial charge is 0.433 e. The van der Waals surface area contributed by atoms with Gasteiger partial charge in [0.05, 0.1) is 11.0 Å². The van der Waals surface area contributed by atoms with Gasteiger partial charge in [0, 0.05) is 19.3 Å². The third-order valence-corrected chi connectivity index (χ3v) is 3.58. The van der Waals surface area contributed by atoms with Gasteiger partial charge in [-0.05, 0) is 25.5 Å². The highest BCUT2D eigenvalue weighted by Crippen LogP contribution is 2.31. The van der Waals surface area contributed by atoms with Crippen LogP contribution in [-0.2, 0) is 11.0 Å². The second kappa shape index (κ2) is 5.01. The average molecular weight is 302 g/mol. The monoisotopic (exact) mass is 302 g/mol. The summed E-state index contributed by atoms with van der Waals surface area (Å²) in [5.41, 5.74) is -2.08. The van der Waals surface area contributed by atoms with Crippen molar-refractivity contribution in [1.29, 1.82) is 0 Å². The zero-order valence-corrected chi connectivity index (χ0v) is 11.1. The van der Waals surface area contributed by atoms with E-state index in [0.717, 1.165) is 18.3 Å². The Morgan fingerprint density at radius 3 is 2.48 bits per heavy atom. The number of carbonyl (C=O) groups is 2. The van der Waals surface area contributed by atoms with Crippen molar-refractivity contribution in [2.45, 2.75) is 19.5 Å². The van der Waals surface area contributed by atoms with E-state index in [0.29, 0.717) is 6.42 Å². The van der Waals surface area contributed by atoms with Gasteiger partial charge in [0.25, 0.3) is 5.91 Å². The molecule has 0 spiro atoms. The van der Waals surface area contributed by atoms with Crippen molar-refractivity contribution >= 4 is 11.9 Å². The van der Waals surface area contributed by atoms with Crippen molar-refractivity contribution in [2.75, 3.05) is 13.1 Å². The highest BCUT2D eigenvalue weighted by molar-refractivity contribution is 5.94. The minimum Gasteiger partial charge on any atom is -0.481 e. The Hall–Kier alpha value is -2.12. The number of carboxylic acid groups (broad SMARTS) is 1. The molecule has 1 N–H and O–H groups in total. The molecule has 2 heterocycles. The van der Waals surface area contributed by atoms with Gasteiger partial charge in [0.2, 0.25) is 0 Å². The summed E-state index contributed by atoms with van der Waals surface area (Å²) >= 11 is 0. The quantitative estimate of drug-likeness (QED) is 0.907. The summed E-state index contributed by atoms with van der Waals surface area (Å²) < 4.78 is 37.2. The van der Waals surface area contributed by atoms with Gasteiger partial charge in [-0.15, -0.1) is 0 Å². The van der Waals surface area contributed by atoms with Crippen LogP contribution in [0.1, 0.15) is 29.4 Å². The number of likely N-dealkylation sites (tertiary alicyclic amines) is 1. The van der Waals surface area contributed by atoms with E-state index in [9.17, 15) is 22.8 Å². The number of amides is 1. The van der Waals surface area contributed by atoms with Gasteiger partial charge in [-0.3, -0.25) is 14.6 Å². The topological polar surface area (TPSA) is 70.5 Å². The van der Waals surface area contributed by atoms with Gasteiger partial charge in [-0.1, -0.05) is 0 Å². The Balaban J connectivity index is 2.13. The summed E-state index contributed by atoms with van der Waals surface area (Å²) in [6, 6.07) is 1.79. The van der Waals surface area contributed by atoms with Crippen molar-refractivity contribution < 1.29 is 27.9 Å². The molecule has 114 valence electrons. The van der Waals surface area contributed by atoms with Gasteiger partial charge in [-0.2, -0.15) is 13.2 Å². The van der Waals surface area contributed by atoms with E-state index in [1.807, 2.05) is 0 Å². The largest absolute Gasteiger partial charge is 0.481 e. The fraction of sp³-hybridized carbons (Fsp3) is 0.462. The molecule has 8 heteroatoms. The maximum Gasteiger partial charge on any atom is 0.433 e. The fourth-order valence-corrected chi connectivity index (χ4v) is 2.18. The molecule has 1 atom stereocenters. The summed E-state index contributed by atoms with van der Waals surface area (Å²) in [6.45, 7) is 1.82. The molecule has 1 aromatic rings. The molecular formula is C13H13F3N2O3. The zero-order chi connectivity index (χ0) is 15.8. The van der Waals surface area contributed by atoms with Crippen LogP contribution < -0.4 is 0 Å². The van der Waals surface area contributed by atoms with E-state index in [1.54, 1.807) is 0 Å². The predicted octanol–water partition coefficient (Wildman–Crippen LogP) is 2.04. The normalized spacial score (nSPS) is 22.4. The van der Waals surface area contributed by atoms with Crippen molar-refractivity contribution in [3.8, 4) is 0 Å². The van der Waals surface area contributed by atoms with E-state index in [1.165, 1.54) is 11.8 Å². The molecule has 1 aliphatic rings. The van der Waals surface area contributed by atoms with E-state index in [-0.39, 0.29) is 18.7 Å². The molecule has 1 aliphatic heterocycles. The first-order valence-corrected chi connectivity index (χ1v) is 6.19. The predicted molar refractivity (Wildman–Crippen MR) is 65.5 cm³/mol. The lowest BCUT2D eigenvalue weighted by atomic mass is 9.90. The van der Waals surface area contributed by atoms with Crippen molar-refractivity contribution in [3.63, 3.8) is 0 Å². The van der Waals surface area contributed by atoms with Gasteiger partial charge in [-0.25, -0.2) is 0 Å². The highest BCUT2D eigenvalue weighted by Gasteiger charge is 2.42. The maximum atomic E-state index is 12.4. The summed E-state index contributed by atoms with van der Waals surface area (Å²) in [5.74, 6) is -1.51. The van der Waals surface area contributed by atoms with Gasteiger partial charge < -0.3 is 10.0 Å². The number of nitrogens with zero attached hydrogens (tertiary/aromatic N) is 2. The van der Waals surface area contributed by atoms with Crippen LogP contribution in [0.5, 0.6) is 0 Å². The van der Waals surface area contributed by atoms with Crippen molar-refractivity contribution in [2.24, 2.45) is 5.41 Å². The van der Waals surface area contributed by atoms with Crippen molar-refractivity contribution in [1.82, 2.24) is 9.88 Å². The van der Waals surface area contributed by atoms with E-state index in [4.69, 9.17) is 5.11 Å². The molecule has 0 saturated carbocycles. The summed E-state index contributed by atoms with van der Waals surface area (Å²) in [7, 11) is 0. The molecule has 0 unspecified atom stereocenters. The third-order valence-electron chi connectivity index (χ3n) is 3.58. The number of halogens is 3. The number of alkyl halides is 3. The Morgan fingerprint density at radius 1 is 1.38 bits per heavy atom. The van der Waals surface area contributed by atoms with Crippen LogP contribution in [0.2, 0.25) is 0 Å². The van der Waals surface area contributed by atoms with Crippen LogP contribution in [0.15, 0.2) is 18.3 Å². The number of aliphatic carboxylic acids is 1. The standard InChI is InChI=1S/C13H13F3N2O3/c1-12(11(20)21)4-5-18(7-12)10(19)8-2-3-9(17-6-8)13(14,15)16/h2-3,6H,4-5,7H2,1H3,(H,20,21)/t12-/m1/s1. The van der Waals surface area contributed by atoms with Gasteiger partial charge in [0.1, 0.15) is 5.69 Å². The molecule has 0 aliphatic carbocycles. The summed E-state index contributed by atoms with van der Waals surface area (Å²) in [5, 5.41) is 9.09. The molecule has 1 fully saturated rings. The average Bonchev–Trinajstić information content (AvgIpc) is 2.81. The van der Waals surface area contributed by atoms with Crippen LogP contribution in [0.3, 0.4) is 0 Å². The van der Waals surface area contributed by atoms with E-state index < -0.39 is 29.2 Å². The SMILES string of the molecule is C[C@@]1(C(=O)O)CCN(C(=O)c2ccc(C(F)(F)F)nc2)C1.